The third kappa shape index (κ3) is 2.37. The van der Waals surface area contributed by atoms with Crippen LogP contribution in [0.25, 0.3) is 11.3 Å². The maximum Gasteiger partial charge on any atom is 0.131 e. The standard InChI is InChI=1S/C16H23N3/c1-6-19-15(17)14(18-16(19)10(2)3)13-9-11(4)7-8-12(13)5/h7-10H,6,17H2,1-5H3. The molecule has 3 nitrogen and oxygen atoms in total. The topological polar surface area (TPSA) is 43.8 Å². The lowest BCUT2D eigenvalue weighted by Crippen LogP contribution is -2.06. The molecule has 1 aromatic carbocycles. The molecule has 2 N–H and O–H groups in total. The van der Waals surface area contributed by atoms with Crippen LogP contribution in [0.5, 0.6) is 0 Å². The van der Waals surface area contributed by atoms with E-state index in [4.69, 9.17) is 10.7 Å². The van der Waals surface area contributed by atoms with Gasteiger partial charge in [0, 0.05) is 18.0 Å². The van der Waals surface area contributed by atoms with Crippen molar-refractivity contribution in [3.8, 4) is 11.3 Å². The van der Waals surface area contributed by atoms with Crippen LogP contribution in [0.15, 0.2) is 18.2 Å². The molecule has 102 valence electrons. The summed E-state index contributed by atoms with van der Waals surface area (Å²) in [4.78, 5) is 4.79. The predicted octanol–water partition coefficient (Wildman–Crippen LogP) is 3.89. The van der Waals surface area contributed by atoms with Crippen molar-refractivity contribution in [2.45, 2.75) is 47.1 Å². The second kappa shape index (κ2) is 5.08. The highest BCUT2D eigenvalue weighted by molar-refractivity contribution is 5.74. The van der Waals surface area contributed by atoms with E-state index >= 15 is 0 Å². The van der Waals surface area contributed by atoms with Gasteiger partial charge in [0.1, 0.15) is 17.3 Å². The molecule has 19 heavy (non-hydrogen) atoms. The van der Waals surface area contributed by atoms with E-state index in [1.807, 2.05) is 0 Å². The van der Waals surface area contributed by atoms with Crippen LogP contribution in [0, 0.1) is 13.8 Å². The number of aryl methyl sites for hydroxylation is 2. The molecule has 0 saturated carbocycles. The Morgan fingerprint density at radius 1 is 1.26 bits per heavy atom. The Balaban J connectivity index is 2.66. The van der Waals surface area contributed by atoms with Crippen LogP contribution in [0.1, 0.15) is 43.6 Å². The summed E-state index contributed by atoms with van der Waals surface area (Å²) in [6.45, 7) is 11.5. The highest BCUT2D eigenvalue weighted by Crippen LogP contribution is 2.31. The predicted molar refractivity (Wildman–Crippen MR) is 81.3 cm³/mol. The molecule has 0 atom stereocenters. The molecular formula is C16H23N3. The van der Waals surface area contributed by atoms with E-state index in [0.717, 1.165) is 29.4 Å². The second-order valence-electron chi connectivity index (χ2n) is 5.42. The number of aromatic nitrogens is 2. The maximum absolute atomic E-state index is 6.30. The number of nitrogen functional groups attached to an aromatic ring is 1. The number of nitrogens with zero attached hydrogens (tertiary/aromatic N) is 2. The molecule has 0 unspecified atom stereocenters. The molecule has 3 heteroatoms. The Bertz CT molecular complexity index is 594. The van der Waals surface area contributed by atoms with E-state index in [0.29, 0.717) is 5.92 Å². The number of hydrogen-bond donors (Lipinski definition) is 1. The summed E-state index contributed by atoms with van der Waals surface area (Å²) in [5.74, 6) is 2.22. The van der Waals surface area contributed by atoms with Crippen LogP contribution < -0.4 is 5.73 Å². The minimum atomic E-state index is 0.376. The zero-order chi connectivity index (χ0) is 14.2. The van der Waals surface area contributed by atoms with Crippen molar-refractivity contribution in [2.75, 3.05) is 5.73 Å². The van der Waals surface area contributed by atoms with Crippen LogP contribution in [0.4, 0.5) is 5.82 Å². The first-order valence-corrected chi connectivity index (χ1v) is 6.89. The number of hydrogen-bond acceptors (Lipinski definition) is 2. The first-order chi connectivity index (χ1) is 8.95. The van der Waals surface area contributed by atoms with Gasteiger partial charge in [0.2, 0.25) is 0 Å². The van der Waals surface area contributed by atoms with Gasteiger partial charge in [-0.3, -0.25) is 0 Å². The van der Waals surface area contributed by atoms with Gasteiger partial charge in [0.25, 0.3) is 0 Å². The third-order valence-corrected chi connectivity index (χ3v) is 3.52. The first kappa shape index (κ1) is 13.7. The molecule has 0 bridgehead atoms. The normalized spacial score (nSPS) is 11.3. The summed E-state index contributed by atoms with van der Waals surface area (Å²) in [6, 6.07) is 6.41. The molecule has 0 radical (unpaired) electrons. The van der Waals surface area contributed by atoms with Gasteiger partial charge in [-0.2, -0.15) is 0 Å². The van der Waals surface area contributed by atoms with Crippen molar-refractivity contribution in [2.24, 2.45) is 0 Å². The molecular weight excluding hydrogens is 234 g/mol. The zero-order valence-corrected chi connectivity index (χ0v) is 12.5. The van der Waals surface area contributed by atoms with Gasteiger partial charge >= 0.3 is 0 Å². The largest absolute Gasteiger partial charge is 0.383 e. The molecule has 0 fully saturated rings. The smallest absolute Gasteiger partial charge is 0.131 e. The third-order valence-electron chi connectivity index (χ3n) is 3.52. The monoisotopic (exact) mass is 257 g/mol. The van der Waals surface area contributed by atoms with Gasteiger partial charge in [0.15, 0.2) is 0 Å². The Kier molecular flexibility index (Phi) is 3.65. The van der Waals surface area contributed by atoms with Crippen LogP contribution >= 0.6 is 0 Å². The average molecular weight is 257 g/mol. The average Bonchev–Trinajstić information content (AvgIpc) is 2.69. The summed E-state index contributed by atoms with van der Waals surface area (Å²) < 4.78 is 2.11. The first-order valence-electron chi connectivity index (χ1n) is 6.89. The number of rotatable bonds is 3. The van der Waals surface area contributed by atoms with Crippen LogP contribution in [0.3, 0.4) is 0 Å². The summed E-state index contributed by atoms with van der Waals surface area (Å²) in [5, 5.41) is 0. The van der Waals surface area contributed by atoms with E-state index in [1.54, 1.807) is 0 Å². The lowest BCUT2D eigenvalue weighted by molar-refractivity contribution is 0.658. The molecule has 0 aliphatic heterocycles. The van der Waals surface area contributed by atoms with Gasteiger partial charge in [0.05, 0.1) is 0 Å². The Morgan fingerprint density at radius 3 is 2.47 bits per heavy atom. The second-order valence-corrected chi connectivity index (χ2v) is 5.42. The molecule has 0 spiro atoms. The van der Waals surface area contributed by atoms with Crippen molar-refractivity contribution in [3.63, 3.8) is 0 Å². The fourth-order valence-electron chi connectivity index (χ4n) is 2.45. The maximum atomic E-state index is 6.30. The summed E-state index contributed by atoms with van der Waals surface area (Å²) in [6.07, 6.45) is 0. The number of benzene rings is 1. The Hall–Kier alpha value is -1.77. The quantitative estimate of drug-likeness (QED) is 0.906. The van der Waals surface area contributed by atoms with Crippen molar-refractivity contribution in [1.82, 2.24) is 9.55 Å². The molecule has 0 aliphatic carbocycles. The van der Waals surface area contributed by atoms with Gasteiger partial charge in [-0.1, -0.05) is 31.5 Å². The minimum Gasteiger partial charge on any atom is -0.383 e. The van der Waals surface area contributed by atoms with Crippen molar-refractivity contribution < 1.29 is 0 Å². The van der Waals surface area contributed by atoms with E-state index < -0.39 is 0 Å². The van der Waals surface area contributed by atoms with Gasteiger partial charge in [-0.25, -0.2) is 4.98 Å². The van der Waals surface area contributed by atoms with Crippen molar-refractivity contribution in [3.05, 3.63) is 35.2 Å². The van der Waals surface area contributed by atoms with Crippen LogP contribution in [-0.4, -0.2) is 9.55 Å². The highest BCUT2D eigenvalue weighted by atomic mass is 15.1. The van der Waals surface area contributed by atoms with Gasteiger partial charge in [-0.05, 0) is 32.4 Å². The number of anilines is 1. The molecule has 0 saturated heterocycles. The summed E-state index contributed by atoms with van der Waals surface area (Å²) >= 11 is 0. The van der Waals surface area contributed by atoms with Gasteiger partial charge < -0.3 is 10.3 Å². The Morgan fingerprint density at radius 2 is 1.95 bits per heavy atom. The van der Waals surface area contributed by atoms with Crippen molar-refractivity contribution >= 4 is 5.82 Å². The zero-order valence-electron chi connectivity index (χ0n) is 12.5. The molecule has 1 heterocycles. The highest BCUT2D eigenvalue weighted by Gasteiger charge is 2.18. The van der Waals surface area contributed by atoms with Crippen LogP contribution in [-0.2, 0) is 6.54 Å². The van der Waals surface area contributed by atoms with Crippen molar-refractivity contribution in [1.29, 1.82) is 0 Å². The van der Waals surface area contributed by atoms with Gasteiger partial charge in [-0.15, -0.1) is 0 Å². The molecule has 2 rings (SSSR count). The SMILES string of the molecule is CCn1c(C(C)C)nc(-c2cc(C)ccc2C)c1N. The van der Waals surface area contributed by atoms with Crippen LogP contribution in [0.2, 0.25) is 0 Å². The lowest BCUT2D eigenvalue weighted by atomic mass is 10.0. The minimum absolute atomic E-state index is 0.376. The Labute approximate surface area is 115 Å². The fourth-order valence-corrected chi connectivity index (χ4v) is 2.45. The fraction of sp³-hybridized carbons (Fsp3) is 0.438. The summed E-state index contributed by atoms with van der Waals surface area (Å²) in [7, 11) is 0. The molecule has 0 aliphatic rings. The molecule has 0 amide bonds. The number of nitrogens with two attached hydrogens (primary N) is 1. The van der Waals surface area contributed by atoms with E-state index in [1.165, 1.54) is 11.1 Å². The number of imidazole rings is 1. The lowest BCUT2D eigenvalue weighted by Gasteiger charge is -2.09. The van der Waals surface area contributed by atoms with E-state index in [2.05, 4.69) is 57.4 Å². The molecule has 2 aromatic rings. The van der Waals surface area contributed by atoms with E-state index in [-0.39, 0.29) is 0 Å². The molecule has 1 aromatic heterocycles. The van der Waals surface area contributed by atoms with E-state index in [9.17, 15) is 0 Å². The summed E-state index contributed by atoms with van der Waals surface area (Å²) in [5.41, 5.74) is 10.8.